The zero-order valence-corrected chi connectivity index (χ0v) is 19.0. The highest BCUT2D eigenvalue weighted by Gasteiger charge is 2.39. The quantitative estimate of drug-likeness (QED) is 0.609. The SMILES string of the molecule is CCCS(=O)(=O)N1CCC(CNC(=O)c2c(N)cccc2Cl)(c2cccc(F)c2)CC1. The van der Waals surface area contributed by atoms with Crippen molar-refractivity contribution < 1.29 is 17.6 Å². The second kappa shape index (κ2) is 9.54. The number of benzene rings is 2. The molecular weight excluding hydrogens is 441 g/mol. The van der Waals surface area contributed by atoms with Crippen molar-refractivity contribution >= 4 is 33.2 Å². The van der Waals surface area contributed by atoms with Crippen molar-refractivity contribution in [1.82, 2.24) is 9.62 Å². The second-order valence-corrected chi connectivity index (χ2v) is 10.4. The molecule has 0 bridgehead atoms. The largest absolute Gasteiger partial charge is 0.398 e. The summed E-state index contributed by atoms with van der Waals surface area (Å²) in [5.41, 5.74) is 6.51. The van der Waals surface area contributed by atoms with Crippen molar-refractivity contribution in [3.05, 3.63) is 64.4 Å². The Morgan fingerprint density at radius 1 is 1.23 bits per heavy atom. The van der Waals surface area contributed by atoms with Gasteiger partial charge >= 0.3 is 0 Å². The first-order valence-corrected chi connectivity index (χ1v) is 12.2. The van der Waals surface area contributed by atoms with Gasteiger partial charge in [-0.3, -0.25) is 4.79 Å². The van der Waals surface area contributed by atoms with E-state index >= 15 is 0 Å². The fraction of sp³-hybridized carbons (Fsp3) is 0.409. The van der Waals surface area contributed by atoms with E-state index in [9.17, 15) is 17.6 Å². The lowest BCUT2D eigenvalue weighted by molar-refractivity contribution is 0.0934. The van der Waals surface area contributed by atoms with Crippen LogP contribution in [-0.2, 0) is 15.4 Å². The molecule has 0 saturated carbocycles. The standard InChI is InChI=1S/C22H27ClFN3O3S/c1-2-13-31(29,30)27-11-9-22(10-12-27,16-5-3-6-17(24)14-16)15-26-21(28)20-18(23)7-4-8-19(20)25/h3-8,14H,2,9-13,15,25H2,1H3,(H,26,28). The number of rotatable bonds is 7. The highest BCUT2D eigenvalue weighted by Crippen LogP contribution is 2.36. The van der Waals surface area contributed by atoms with Crippen molar-refractivity contribution in [1.29, 1.82) is 0 Å². The van der Waals surface area contributed by atoms with Gasteiger partial charge in [0.2, 0.25) is 10.0 Å². The van der Waals surface area contributed by atoms with E-state index in [2.05, 4.69) is 5.32 Å². The Balaban J connectivity index is 1.84. The van der Waals surface area contributed by atoms with E-state index in [4.69, 9.17) is 17.3 Å². The first-order valence-electron chi connectivity index (χ1n) is 10.2. The number of halogens is 2. The van der Waals surface area contributed by atoms with Crippen LogP contribution in [0.4, 0.5) is 10.1 Å². The molecule has 9 heteroatoms. The average Bonchev–Trinajstić information content (AvgIpc) is 2.72. The number of nitrogen functional groups attached to an aromatic ring is 1. The summed E-state index contributed by atoms with van der Waals surface area (Å²) in [5, 5.41) is 3.14. The van der Waals surface area contributed by atoms with Crippen LogP contribution in [0.3, 0.4) is 0 Å². The molecule has 1 heterocycles. The predicted molar refractivity (Wildman–Crippen MR) is 121 cm³/mol. The Morgan fingerprint density at radius 3 is 2.52 bits per heavy atom. The molecule has 0 spiro atoms. The Bertz CT molecular complexity index is 1030. The lowest BCUT2D eigenvalue weighted by atomic mass is 9.73. The zero-order valence-electron chi connectivity index (χ0n) is 17.4. The molecule has 2 aromatic rings. The lowest BCUT2D eigenvalue weighted by Crippen LogP contribution is -2.50. The van der Waals surface area contributed by atoms with Gasteiger partial charge in [-0.1, -0.05) is 36.7 Å². The number of carbonyl (C=O) groups excluding carboxylic acids is 1. The maximum Gasteiger partial charge on any atom is 0.254 e. The summed E-state index contributed by atoms with van der Waals surface area (Å²) in [6, 6.07) is 11.1. The number of nitrogens with two attached hydrogens (primary N) is 1. The van der Waals surface area contributed by atoms with Gasteiger partial charge in [0.05, 0.1) is 16.3 Å². The van der Waals surface area contributed by atoms with Crippen molar-refractivity contribution in [2.24, 2.45) is 0 Å². The minimum absolute atomic E-state index is 0.0997. The normalized spacial score (nSPS) is 16.7. The molecule has 0 unspecified atom stereocenters. The Labute approximate surface area is 187 Å². The summed E-state index contributed by atoms with van der Waals surface area (Å²) in [5.74, 6) is -0.692. The molecule has 2 aromatic carbocycles. The van der Waals surface area contributed by atoms with Gasteiger partial charge in [0.25, 0.3) is 5.91 Å². The van der Waals surface area contributed by atoms with E-state index in [1.165, 1.54) is 16.4 Å². The van der Waals surface area contributed by atoms with Crippen LogP contribution in [0.15, 0.2) is 42.5 Å². The van der Waals surface area contributed by atoms with Crippen LogP contribution in [0.25, 0.3) is 0 Å². The average molecular weight is 468 g/mol. The molecular formula is C22H27ClFN3O3S. The molecule has 0 aliphatic carbocycles. The van der Waals surface area contributed by atoms with Gasteiger partial charge in [-0.25, -0.2) is 17.1 Å². The number of sulfonamides is 1. The molecule has 1 amide bonds. The summed E-state index contributed by atoms with van der Waals surface area (Å²) in [4.78, 5) is 12.8. The van der Waals surface area contributed by atoms with Gasteiger partial charge in [-0.05, 0) is 49.1 Å². The molecule has 168 valence electrons. The van der Waals surface area contributed by atoms with E-state index in [1.807, 2.05) is 13.0 Å². The van der Waals surface area contributed by atoms with E-state index in [1.54, 1.807) is 24.3 Å². The summed E-state index contributed by atoms with van der Waals surface area (Å²) in [6.45, 7) is 2.65. The van der Waals surface area contributed by atoms with Gasteiger partial charge in [-0.2, -0.15) is 0 Å². The van der Waals surface area contributed by atoms with Crippen LogP contribution in [0.1, 0.15) is 42.1 Å². The first-order chi connectivity index (χ1) is 14.7. The van der Waals surface area contributed by atoms with Crippen molar-refractivity contribution in [3.63, 3.8) is 0 Å². The van der Waals surface area contributed by atoms with Crippen molar-refractivity contribution in [2.45, 2.75) is 31.6 Å². The molecule has 1 saturated heterocycles. The van der Waals surface area contributed by atoms with Gasteiger partial charge in [0.15, 0.2) is 0 Å². The number of piperidine rings is 1. The summed E-state index contributed by atoms with van der Waals surface area (Å²) in [6.07, 6.45) is 1.46. The highest BCUT2D eigenvalue weighted by atomic mass is 35.5. The summed E-state index contributed by atoms with van der Waals surface area (Å²) in [7, 11) is -3.32. The third-order valence-electron chi connectivity index (χ3n) is 5.83. The molecule has 1 fully saturated rings. The Morgan fingerprint density at radius 2 is 1.90 bits per heavy atom. The number of nitrogens with one attached hydrogen (secondary N) is 1. The molecule has 0 atom stereocenters. The molecule has 3 N–H and O–H groups in total. The molecule has 0 radical (unpaired) electrons. The van der Waals surface area contributed by atoms with Gasteiger partial charge in [0, 0.05) is 30.7 Å². The lowest BCUT2D eigenvalue weighted by Gasteiger charge is -2.42. The van der Waals surface area contributed by atoms with Gasteiger partial charge in [0.1, 0.15) is 5.82 Å². The number of carbonyl (C=O) groups is 1. The smallest absolute Gasteiger partial charge is 0.254 e. The third-order valence-corrected chi connectivity index (χ3v) is 8.22. The number of anilines is 1. The molecule has 1 aliphatic rings. The highest BCUT2D eigenvalue weighted by molar-refractivity contribution is 7.89. The van der Waals surface area contributed by atoms with Crippen LogP contribution in [-0.4, -0.2) is 44.0 Å². The van der Waals surface area contributed by atoms with E-state index in [0.29, 0.717) is 32.4 Å². The maximum absolute atomic E-state index is 14.0. The van der Waals surface area contributed by atoms with E-state index in [-0.39, 0.29) is 34.4 Å². The number of hydrogen-bond acceptors (Lipinski definition) is 4. The number of nitrogens with zero attached hydrogens (tertiary/aromatic N) is 1. The second-order valence-electron chi connectivity index (χ2n) is 7.89. The van der Waals surface area contributed by atoms with Crippen molar-refractivity contribution in [2.75, 3.05) is 31.1 Å². The van der Waals surface area contributed by atoms with Crippen molar-refractivity contribution in [3.8, 4) is 0 Å². The monoisotopic (exact) mass is 467 g/mol. The zero-order chi connectivity index (χ0) is 22.6. The van der Waals surface area contributed by atoms with E-state index in [0.717, 1.165) is 5.56 Å². The first kappa shape index (κ1) is 23.5. The van der Waals surface area contributed by atoms with Crippen LogP contribution in [0.5, 0.6) is 0 Å². The Kier molecular flexibility index (Phi) is 7.24. The molecule has 3 rings (SSSR count). The van der Waals surface area contributed by atoms with Gasteiger partial charge in [-0.15, -0.1) is 0 Å². The van der Waals surface area contributed by atoms with Crippen LogP contribution in [0.2, 0.25) is 5.02 Å². The number of hydrogen-bond donors (Lipinski definition) is 2. The molecule has 6 nitrogen and oxygen atoms in total. The fourth-order valence-corrected chi connectivity index (χ4v) is 5.86. The van der Waals surface area contributed by atoms with Crippen LogP contribution < -0.4 is 11.1 Å². The predicted octanol–water partition coefficient (Wildman–Crippen LogP) is 3.56. The Hall–Kier alpha value is -2.16. The summed E-state index contributed by atoms with van der Waals surface area (Å²) < 4.78 is 40.5. The minimum atomic E-state index is -3.32. The van der Waals surface area contributed by atoms with E-state index < -0.39 is 21.3 Å². The fourth-order valence-electron chi connectivity index (χ4n) is 4.08. The third kappa shape index (κ3) is 5.19. The maximum atomic E-state index is 14.0. The summed E-state index contributed by atoms with van der Waals surface area (Å²) >= 11 is 6.15. The van der Waals surface area contributed by atoms with Gasteiger partial charge < -0.3 is 11.1 Å². The molecule has 1 aliphatic heterocycles. The molecule has 0 aromatic heterocycles. The topological polar surface area (TPSA) is 92.5 Å². The van der Waals surface area contributed by atoms with Crippen LogP contribution in [0, 0.1) is 5.82 Å². The van der Waals surface area contributed by atoms with Crippen LogP contribution >= 0.6 is 11.6 Å². The molecule has 31 heavy (non-hydrogen) atoms. The minimum Gasteiger partial charge on any atom is -0.398 e. The number of amides is 1.